The standard InChI is InChI=1S/C14H12N4OS2/c1-9-4-6-10(7-5-9)15-13(19)16-14-18-17-12(21-14)11-3-2-8-20-11/h2-8H,1H3,(H2,15,16,18,19). The zero-order chi connectivity index (χ0) is 14.7. The second-order valence-electron chi connectivity index (χ2n) is 4.33. The summed E-state index contributed by atoms with van der Waals surface area (Å²) in [4.78, 5) is 12.9. The summed E-state index contributed by atoms with van der Waals surface area (Å²) in [7, 11) is 0. The molecule has 0 radical (unpaired) electrons. The summed E-state index contributed by atoms with van der Waals surface area (Å²) in [5.74, 6) is 0. The van der Waals surface area contributed by atoms with Crippen LogP contribution >= 0.6 is 22.7 Å². The van der Waals surface area contributed by atoms with E-state index in [1.54, 1.807) is 11.3 Å². The van der Waals surface area contributed by atoms with Crippen molar-refractivity contribution in [2.24, 2.45) is 0 Å². The third kappa shape index (κ3) is 3.45. The molecule has 0 atom stereocenters. The Kier molecular flexibility index (Phi) is 3.94. The molecule has 0 fully saturated rings. The first-order valence-electron chi connectivity index (χ1n) is 6.23. The van der Waals surface area contributed by atoms with Crippen LogP contribution in [-0.4, -0.2) is 16.2 Å². The highest BCUT2D eigenvalue weighted by Crippen LogP contribution is 2.29. The van der Waals surface area contributed by atoms with Crippen molar-refractivity contribution in [2.75, 3.05) is 10.6 Å². The van der Waals surface area contributed by atoms with E-state index in [1.807, 2.05) is 48.7 Å². The monoisotopic (exact) mass is 316 g/mol. The third-order valence-corrected chi connectivity index (χ3v) is 4.56. The minimum absolute atomic E-state index is 0.326. The number of carbonyl (C=O) groups excluding carboxylic acids is 1. The summed E-state index contributed by atoms with van der Waals surface area (Å²) in [6, 6.07) is 11.2. The Balaban J connectivity index is 1.64. The second-order valence-corrected chi connectivity index (χ2v) is 6.26. The van der Waals surface area contributed by atoms with Crippen molar-refractivity contribution in [3.05, 3.63) is 47.3 Å². The number of aromatic nitrogens is 2. The lowest BCUT2D eigenvalue weighted by Crippen LogP contribution is -2.19. The normalized spacial score (nSPS) is 10.3. The van der Waals surface area contributed by atoms with Gasteiger partial charge in [-0.2, -0.15) is 0 Å². The van der Waals surface area contributed by atoms with Crippen LogP contribution < -0.4 is 10.6 Å². The Morgan fingerprint density at radius 1 is 1.10 bits per heavy atom. The van der Waals surface area contributed by atoms with E-state index in [0.717, 1.165) is 21.1 Å². The van der Waals surface area contributed by atoms with Crippen molar-refractivity contribution in [3.63, 3.8) is 0 Å². The van der Waals surface area contributed by atoms with Crippen LogP contribution in [0.2, 0.25) is 0 Å². The third-order valence-electron chi connectivity index (χ3n) is 2.69. The van der Waals surface area contributed by atoms with Crippen LogP contribution in [0.1, 0.15) is 5.56 Å². The van der Waals surface area contributed by atoms with E-state index < -0.39 is 0 Å². The smallest absolute Gasteiger partial charge is 0.308 e. The van der Waals surface area contributed by atoms with Crippen LogP contribution in [0.4, 0.5) is 15.6 Å². The number of nitrogens with zero attached hydrogens (tertiary/aromatic N) is 2. The van der Waals surface area contributed by atoms with Gasteiger partial charge in [-0.05, 0) is 30.5 Å². The van der Waals surface area contributed by atoms with Gasteiger partial charge in [-0.15, -0.1) is 21.5 Å². The number of amides is 2. The molecule has 0 aliphatic carbocycles. The number of urea groups is 1. The quantitative estimate of drug-likeness (QED) is 0.760. The highest BCUT2D eigenvalue weighted by atomic mass is 32.1. The molecule has 2 N–H and O–H groups in total. The van der Waals surface area contributed by atoms with Crippen molar-refractivity contribution >= 4 is 39.5 Å². The molecule has 5 nitrogen and oxygen atoms in total. The summed E-state index contributed by atoms with van der Waals surface area (Å²) in [6.07, 6.45) is 0. The lowest BCUT2D eigenvalue weighted by atomic mass is 10.2. The SMILES string of the molecule is Cc1ccc(NC(=O)Nc2nnc(-c3cccs3)s2)cc1. The van der Waals surface area contributed by atoms with Gasteiger partial charge in [0.05, 0.1) is 4.88 Å². The van der Waals surface area contributed by atoms with Gasteiger partial charge in [0.15, 0.2) is 5.01 Å². The van der Waals surface area contributed by atoms with Gasteiger partial charge in [0.25, 0.3) is 0 Å². The number of carbonyl (C=O) groups is 1. The fourth-order valence-electron chi connectivity index (χ4n) is 1.67. The molecule has 106 valence electrons. The van der Waals surface area contributed by atoms with Crippen LogP contribution in [0.15, 0.2) is 41.8 Å². The molecule has 1 aromatic carbocycles. The van der Waals surface area contributed by atoms with Crippen molar-refractivity contribution in [1.82, 2.24) is 10.2 Å². The van der Waals surface area contributed by atoms with E-state index >= 15 is 0 Å². The van der Waals surface area contributed by atoms with E-state index in [4.69, 9.17) is 0 Å². The van der Waals surface area contributed by atoms with Gasteiger partial charge >= 0.3 is 6.03 Å². The minimum Gasteiger partial charge on any atom is -0.308 e. The molecule has 7 heteroatoms. The summed E-state index contributed by atoms with van der Waals surface area (Å²) in [6.45, 7) is 2.00. The zero-order valence-corrected chi connectivity index (χ0v) is 12.8. The van der Waals surface area contributed by atoms with Crippen molar-refractivity contribution in [3.8, 4) is 9.88 Å². The van der Waals surface area contributed by atoms with Gasteiger partial charge in [0.1, 0.15) is 0 Å². The molecule has 0 aliphatic rings. The van der Waals surface area contributed by atoms with Gasteiger partial charge in [-0.25, -0.2) is 4.79 Å². The number of nitrogens with one attached hydrogen (secondary N) is 2. The highest BCUT2D eigenvalue weighted by molar-refractivity contribution is 7.23. The first-order chi connectivity index (χ1) is 10.2. The molecule has 3 aromatic rings. The van der Waals surface area contributed by atoms with E-state index in [-0.39, 0.29) is 6.03 Å². The molecule has 0 saturated carbocycles. The number of thiophene rings is 1. The molecule has 0 bridgehead atoms. The van der Waals surface area contributed by atoms with Gasteiger partial charge in [0.2, 0.25) is 5.13 Å². The zero-order valence-electron chi connectivity index (χ0n) is 11.2. The first-order valence-corrected chi connectivity index (χ1v) is 7.92. The molecule has 0 spiro atoms. The largest absolute Gasteiger partial charge is 0.325 e. The van der Waals surface area contributed by atoms with E-state index in [1.165, 1.54) is 11.3 Å². The Bertz CT molecular complexity index is 735. The molecule has 0 saturated heterocycles. The van der Waals surface area contributed by atoms with E-state index in [2.05, 4.69) is 20.8 Å². The maximum atomic E-state index is 11.9. The number of benzene rings is 1. The van der Waals surface area contributed by atoms with Crippen LogP contribution in [-0.2, 0) is 0 Å². The molecule has 21 heavy (non-hydrogen) atoms. The van der Waals surface area contributed by atoms with Crippen LogP contribution in [0.25, 0.3) is 9.88 Å². The van der Waals surface area contributed by atoms with Crippen LogP contribution in [0.5, 0.6) is 0 Å². The highest BCUT2D eigenvalue weighted by Gasteiger charge is 2.10. The lowest BCUT2D eigenvalue weighted by molar-refractivity contribution is 0.262. The minimum atomic E-state index is -0.326. The summed E-state index contributed by atoms with van der Waals surface area (Å²) in [5, 5.41) is 16.7. The molecule has 2 aromatic heterocycles. The fourth-order valence-corrected chi connectivity index (χ4v) is 3.20. The molecule has 3 rings (SSSR count). The van der Waals surface area contributed by atoms with Gasteiger partial charge in [-0.1, -0.05) is 35.1 Å². The van der Waals surface area contributed by atoms with Gasteiger partial charge in [0, 0.05) is 5.69 Å². The molecule has 2 amide bonds. The van der Waals surface area contributed by atoms with Crippen LogP contribution in [0.3, 0.4) is 0 Å². The number of hydrogen-bond acceptors (Lipinski definition) is 5. The van der Waals surface area contributed by atoms with Crippen molar-refractivity contribution in [1.29, 1.82) is 0 Å². The predicted molar refractivity (Wildman–Crippen MR) is 87.0 cm³/mol. The Hall–Kier alpha value is -2.25. The van der Waals surface area contributed by atoms with Gasteiger partial charge < -0.3 is 5.32 Å². The van der Waals surface area contributed by atoms with Crippen LogP contribution in [0, 0.1) is 6.92 Å². The summed E-state index contributed by atoms with van der Waals surface area (Å²) < 4.78 is 0. The second kappa shape index (κ2) is 6.02. The van der Waals surface area contributed by atoms with E-state index in [9.17, 15) is 4.79 Å². The maximum Gasteiger partial charge on any atom is 0.325 e. The Morgan fingerprint density at radius 2 is 1.90 bits per heavy atom. The fraction of sp³-hybridized carbons (Fsp3) is 0.0714. The first kappa shape index (κ1) is 13.7. The topological polar surface area (TPSA) is 66.9 Å². The Labute approximate surface area is 129 Å². The van der Waals surface area contributed by atoms with Gasteiger partial charge in [-0.3, -0.25) is 5.32 Å². The lowest BCUT2D eigenvalue weighted by Gasteiger charge is -2.04. The Morgan fingerprint density at radius 3 is 2.62 bits per heavy atom. The number of aryl methyl sites for hydroxylation is 1. The van der Waals surface area contributed by atoms with Crippen molar-refractivity contribution < 1.29 is 4.79 Å². The van der Waals surface area contributed by atoms with E-state index in [0.29, 0.717) is 5.13 Å². The maximum absolute atomic E-state index is 11.9. The molecule has 0 unspecified atom stereocenters. The van der Waals surface area contributed by atoms with Crippen molar-refractivity contribution in [2.45, 2.75) is 6.92 Å². The molecular formula is C14H12N4OS2. The number of hydrogen-bond donors (Lipinski definition) is 2. The molecular weight excluding hydrogens is 304 g/mol. The molecule has 0 aliphatic heterocycles. The average molecular weight is 316 g/mol. The number of anilines is 2. The summed E-state index contributed by atoms with van der Waals surface area (Å²) >= 11 is 2.94. The average Bonchev–Trinajstić information content (AvgIpc) is 3.12. The molecule has 2 heterocycles. The summed E-state index contributed by atoms with van der Waals surface area (Å²) in [5.41, 5.74) is 1.88. The number of rotatable bonds is 3. The predicted octanol–water partition coefficient (Wildman–Crippen LogP) is 4.22.